The van der Waals surface area contributed by atoms with Gasteiger partial charge < -0.3 is 9.84 Å². The summed E-state index contributed by atoms with van der Waals surface area (Å²) < 4.78 is 5.19. The van der Waals surface area contributed by atoms with E-state index in [9.17, 15) is 4.79 Å². The second-order valence-electron chi connectivity index (χ2n) is 3.11. The number of aliphatic carboxylic acids is 1. The molecule has 1 aliphatic heterocycles. The third-order valence-corrected chi connectivity index (χ3v) is 1.69. The van der Waals surface area contributed by atoms with Crippen LogP contribution in [0.4, 0.5) is 0 Å². The first-order valence-electron chi connectivity index (χ1n) is 4.61. The van der Waals surface area contributed by atoms with Gasteiger partial charge >= 0.3 is 5.97 Å². The average Bonchev–Trinajstić information content (AvgIpc) is 2.35. The summed E-state index contributed by atoms with van der Waals surface area (Å²) in [7, 11) is 0. The summed E-state index contributed by atoms with van der Waals surface area (Å²) in [6.45, 7) is 6.60. The Kier molecular flexibility index (Phi) is 7.30. The fourth-order valence-corrected chi connectivity index (χ4v) is 0.864. The molecule has 0 aromatic rings. The highest BCUT2D eigenvalue weighted by molar-refractivity contribution is 5.84. The third kappa shape index (κ3) is 9.08. The normalized spacial score (nSPS) is 16.4. The Hall–Kier alpha value is -0.830. The Balaban J connectivity index is 0.000000226. The average molecular weight is 186 g/mol. The standard InChI is InChI=1S/C6H12O.C4H6O2/c1-2-4-6-7-5-3-1;1-3(2)4(5)6/h1-6H2;1H2,2H3,(H,5,6). The second kappa shape index (κ2) is 7.80. The lowest BCUT2D eigenvalue weighted by molar-refractivity contribution is -0.132. The van der Waals surface area contributed by atoms with Crippen LogP contribution in [-0.4, -0.2) is 24.3 Å². The Labute approximate surface area is 79.4 Å². The van der Waals surface area contributed by atoms with Gasteiger partial charge in [0, 0.05) is 18.8 Å². The van der Waals surface area contributed by atoms with Crippen LogP contribution >= 0.6 is 0 Å². The molecule has 13 heavy (non-hydrogen) atoms. The molecule has 76 valence electrons. The van der Waals surface area contributed by atoms with Gasteiger partial charge in [-0.1, -0.05) is 19.4 Å². The molecular formula is C10H18O3. The van der Waals surface area contributed by atoms with E-state index in [0.29, 0.717) is 0 Å². The minimum Gasteiger partial charge on any atom is -0.478 e. The van der Waals surface area contributed by atoms with Crippen LogP contribution in [0.3, 0.4) is 0 Å². The maximum atomic E-state index is 9.60. The maximum absolute atomic E-state index is 9.60. The van der Waals surface area contributed by atoms with Crippen molar-refractivity contribution in [3.8, 4) is 0 Å². The van der Waals surface area contributed by atoms with Gasteiger partial charge in [-0.25, -0.2) is 4.79 Å². The molecule has 0 radical (unpaired) electrons. The first-order chi connectivity index (χ1) is 6.14. The van der Waals surface area contributed by atoms with Gasteiger partial charge in [0.05, 0.1) is 0 Å². The van der Waals surface area contributed by atoms with Gasteiger partial charge in [-0.3, -0.25) is 0 Å². The third-order valence-electron chi connectivity index (χ3n) is 1.69. The molecule has 1 fully saturated rings. The number of hydrogen-bond donors (Lipinski definition) is 1. The first-order valence-corrected chi connectivity index (χ1v) is 4.61. The molecule has 0 atom stereocenters. The highest BCUT2D eigenvalue weighted by Crippen LogP contribution is 2.04. The molecule has 1 saturated heterocycles. The molecule has 0 spiro atoms. The monoisotopic (exact) mass is 186 g/mol. The van der Waals surface area contributed by atoms with Crippen molar-refractivity contribution in [1.29, 1.82) is 0 Å². The van der Waals surface area contributed by atoms with Gasteiger partial charge in [0.25, 0.3) is 0 Å². The summed E-state index contributed by atoms with van der Waals surface area (Å²) in [6.07, 6.45) is 5.31. The van der Waals surface area contributed by atoms with Crippen molar-refractivity contribution in [2.75, 3.05) is 13.2 Å². The van der Waals surface area contributed by atoms with E-state index in [-0.39, 0.29) is 5.57 Å². The van der Waals surface area contributed by atoms with Crippen molar-refractivity contribution < 1.29 is 14.6 Å². The van der Waals surface area contributed by atoms with E-state index >= 15 is 0 Å². The summed E-state index contributed by atoms with van der Waals surface area (Å²) in [5.41, 5.74) is 0.176. The number of carbonyl (C=O) groups is 1. The van der Waals surface area contributed by atoms with Gasteiger partial charge in [-0.05, 0) is 19.8 Å². The number of carboxylic acids is 1. The summed E-state index contributed by atoms with van der Waals surface area (Å²) in [4.78, 5) is 9.60. The Morgan fingerprint density at radius 2 is 1.62 bits per heavy atom. The predicted octanol–water partition coefficient (Wildman–Crippen LogP) is 2.22. The number of rotatable bonds is 1. The molecular weight excluding hydrogens is 168 g/mol. The Morgan fingerprint density at radius 3 is 1.92 bits per heavy atom. The topological polar surface area (TPSA) is 46.5 Å². The SMILES string of the molecule is C1CCCOCC1.C=C(C)C(=O)O. The predicted molar refractivity (Wildman–Crippen MR) is 51.7 cm³/mol. The largest absolute Gasteiger partial charge is 0.478 e. The van der Waals surface area contributed by atoms with Crippen molar-refractivity contribution in [1.82, 2.24) is 0 Å². The van der Waals surface area contributed by atoms with Gasteiger partial charge in [0.2, 0.25) is 0 Å². The molecule has 0 unspecified atom stereocenters. The second-order valence-corrected chi connectivity index (χ2v) is 3.11. The zero-order valence-corrected chi connectivity index (χ0v) is 8.21. The summed E-state index contributed by atoms with van der Waals surface area (Å²) in [5, 5.41) is 7.89. The van der Waals surface area contributed by atoms with Crippen molar-refractivity contribution in [3.05, 3.63) is 12.2 Å². The van der Waals surface area contributed by atoms with Gasteiger partial charge in [0.15, 0.2) is 0 Å². The highest BCUT2D eigenvalue weighted by Gasteiger charge is 1.95. The lowest BCUT2D eigenvalue weighted by Gasteiger charge is -1.91. The molecule has 0 bridgehead atoms. The van der Waals surface area contributed by atoms with Crippen LogP contribution in [0.5, 0.6) is 0 Å². The quantitative estimate of drug-likeness (QED) is 0.639. The van der Waals surface area contributed by atoms with E-state index in [1.54, 1.807) is 0 Å². The van der Waals surface area contributed by atoms with E-state index < -0.39 is 5.97 Å². The van der Waals surface area contributed by atoms with Crippen molar-refractivity contribution in [3.63, 3.8) is 0 Å². The van der Waals surface area contributed by atoms with E-state index in [4.69, 9.17) is 9.84 Å². The lowest BCUT2D eigenvalue weighted by Crippen LogP contribution is -1.92. The molecule has 0 aliphatic carbocycles. The fraction of sp³-hybridized carbons (Fsp3) is 0.700. The smallest absolute Gasteiger partial charge is 0.330 e. The van der Waals surface area contributed by atoms with E-state index in [1.165, 1.54) is 32.6 Å². The lowest BCUT2D eigenvalue weighted by atomic mass is 10.2. The number of carboxylic acid groups (broad SMARTS) is 1. The molecule has 1 N–H and O–H groups in total. The van der Waals surface area contributed by atoms with Gasteiger partial charge in [-0.15, -0.1) is 0 Å². The van der Waals surface area contributed by atoms with Crippen LogP contribution in [0.15, 0.2) is 12.2 Å². The van der Waals surface area contributed by atoms with Crippen LogP contribution in [0.1, 0.15) is 32.6 Å². The molecule has 3 nitrogen and oxygen atoms in total. The van der Waals surface area contributed by atoms with Crippen molar-refractivity contribution in [2.45, 2.75) is 32.6 Å². The zero-order chi connectivity index (χ0) is 10.1. The number of ether oxygens (including phenoxy) is 1. The summed E-state index contributed by atoms with van der Waals surface area (Å²) in [6, 6.07) is 0. The van der Waals surface area contributed by atoms with Crippen LogP contribution in [0.2, 0.25) is 0 Å². The van der Waals surface area contributed by atoms with Crippen LogP contribution in [0, 0.1) is 0 Å². The molecule has 1 aliphatic rings. The number of hydrogen-bond acceptors (Lipinski definition) is 2. The molecule has 1 heterocycles. The summed E-state index contributed by atoms with van der Waals surface area (Å²) >= 11 is 0. The zero-order valence-electron chi connectivity index (χ0n) is 8.21. The molecule has 0 aromatic carbocycles. The van der Waals surface area contributed by atoms with E-state index in [2.05, 4.69) is 6.58 Å². The molecule has 0 amide bonds. The van der Waals surface area contributed by atoms with Crippen LogP contribution in [0.25, 0.3) is 0 Å². The highest BCUT2D eigenvalue weighted by atomic mass is 16.5. The van der Waals surface area contributed by atoms with Crippen molar-refractivity contribution >= 4 is 5.97 Å². The van der Waals surface area contributed by atoms with Crippen LogP contribution < -0.4 is 0 Å². The molecule has 3 heteroatoms. The van der Waals surface area contributed by atoms with Gasteiger partial charge in [-0.2, -0.15) is 0 Å². The maximum Gasteiger partial charge on any atom is 0.330 e. The van der Waals surface area contributed by atoms with E-state index in [0.717, 1.165) is 13.2 Å². The summed E-state index contributed by atoms with van der Waals surface area (Å²) in [5.74, 6) is -0.935. The molecule has 1 rings (SSSR count). The van der Waals surface area contributed by atoms with Crippen molar-refractivity contribution in [2.24, 2.45) is 0 Å². The van der Waals surface area contributed by atoms with Gasteiger partial charge in [0.1, 0.15) is 0 Å². The fourth-order valence-electron chi connectivity index (χ4n) is 0.864. The molecule has 0 saturated carbocycles. The van der Waals surface area contributed by atoms with E-state index in [1.807, 2.05) is 0 Å². The molecule has 0 aromatic heterocycles. The minimum absolute atomic E-state index is 0.176. The first kappa shape index (κ1) is 12.2. The Morgan fingerprint density at radius 1 is 1.23 bits per heavy atom. The van der Waals surface area contributed by atoms with Crippen LogP contribution in [-0.2, 0) is 9.53 Å². The minimum atomic E-state index is -0.935. The Bertz CT molecular complexity index is 132.